The molecule has 0 aliphatic rings. The van der Waals surface area contributed by atoms with Crippen molar-refractivity contribution in [1.82, 2.24) is 9.97 Å². The predicted octanol–water partition coefficient (Wildman–Crippen LogP) is 4.10. The van der Waals surface area contributed by atoms with Gasteiger partial charge in [0.1, 0.15) is 11.5 Å². The number of benzene rings is 3. The van der Waals surface area contributed by atoms with Crippen LogP contribution in [0.5, 0.6) is 11.5 Å². The van der Waals surface area contributed by atoms with Crippen molar-refractivity contribution >= 4 is 44.1 Å². The van der Waals surface area contributed by atoms with Crippen molar-refractivity contribution in [2.75, 3.05) is 24.3 Å². The summed E-state index contributed by atoms with van der Waals surface area (Å²) in [6.45, 7) is 0. The van der Waals surface area contributed by atoms with Crippen molar-refractivity contribution in [2.24, 2.45) is 0 Å². The summed E-state index contributed by atoms with van der Waals surface area (Å²) in [6.07, 6.45) is 0. The number of rotatable bonds is 8. The van der Waals surface area contributed by atoms with Gasteiger partial charge in [0, 0.05) is 18.2 Å². The summed E-state index contributed by atoms with van der Waals surface area (Å²) in [7, 11) is -1.22. The van der Waals surface area contributed by atoms with Gasteiger partial charge >= 0.3 is 0 Å². The minimum absolute atomic E-state index is 0.0944. The number of methoxy groups -OCH3 is 2. The molecule has 4 rings (SSSR count). The van der Waals surface area contributed by atoms with Crippen LogP contribution in [0.2, 0.25) is 0 Å². The molecule has 1 heterocycles. The van der Waals surface area contributed by atoms with Crippen molar-refractivity contribution < 1.29 is 22.8 Å². The maximum Gasteiger partial charge on any atom is 0.270 e. The Labute approximate surface area is 194 Å². The lowest BCUT2D eigenvalue weighted by molar-refractivity contribution is -0.385. The number of non-ortho nitro benzene ring substituents is 1. The van der Waals surface area contributed by atoms with Crippen LogP contribution < -0.4 is 19.5 Å². The Bertz CT molecular complexity index is 1490. The van der Waals surface area contributed by atoms with Gasteiger partial charge in [-0.1, -0.05) is 18.2 Å². The fourth-order valence-electron chi connectivity index (χ4n) is 3.14. The van der Waals surface area contributed by atoms with Gasteiger partial charge in [0.25, 0.3) is 15.7 Å². The monoisotopic (exact) mass is 481 g/mol. The number of hydrogen-bond donors (Lipinski definition) is 2. The van der Waals surface area contributed by atoms with E-state index in [0.29, 0.717) is 28.2 Å². The molecular weight excluding hydrogens is 462 g/mol. The lowest BCUT2D eigenvalue weighted by Crippen LogP contribution is -2.16. The Morgan fingerprint density at radius 3 is 2.24 bits per heavy atom. The quantitative estimate of drug-likeness (QED) is 0.280. The van der Waals surface area contributed by atoms with Crippen LogP contribution in [0.25, 0.3) is 11.0 Å². The van der Waals surface area contributed by atoms with E-state index in [-0.39, 0.29) is 22.2 Å². The van der Waals surface area contributed by atoms with E-state index in [0.717, 1.165) is 6.07 Å². The number of anilines is 3. The van der Waals surface area contributed by atoms with E-state index in [2.05, 4.69) is 20.0 Å². The maximum absolute atomic E-state index is 13.1. The van der Waals surface area contributed by atoms with E-state index in [1.54, 1.807) is 42.5 Å². The van der Waals surface area contributed by atoms with Crippen LogP contribution in [-0.2, 0) is 10.0 Å². The number of nitrogens with one attached hydrogen (secondary N) is 2. The second-order valence-electron chi connectivity index (χ2n) is 6.96. The summed E-state index contributed by atoms with van der Waals surface area (Å²) in [5.74, 6) is 1.01. The molecule has 0 aliphatic heterocycles. The van der Waals surface area contributed by atoms with E-state index >= 15 is 0 Å². The van der Waals surface area contributed by atoms with Crippen molar-refractivity contribution in [3.63, 3.8) is 0 Å². The largest absolute Gasteiger partial charge is 0.497 e. The molecule has 0 radical (unpaired) electrons. The van der Waals surface area contributed by atoms with E-state index in [1.807, 2.05) is 0 Å². The summed E-state index contributed by atoms with van der Waals surface area (Å²) in [6, 6.07) is 16.7. The molecule has 4 aromatic rings. The summed E-state index contributed by atoms with van der Waals surface area (Å²) in [5.41, 5.74) is 1.11. The first-order valence-corrected chi connectivity index (χ1v) is 11.3. The summed E-state index contributed by atoms with van der Waals surface area (Å²) < 4.78 is 39.1. The zero-order chi connectivity index (χ0) is 24.3. The molecule has 1 aromatic heterocycles. The minimum atomic E-state index is -4.23. The van der Waals surface area contributed by atoms with Crippen LogP contribution in [0.15, 0.2) is 71.6 Å². The fourth-order valence-corrected chi connectivity index (χ4v) is 4.19. The van der Waals surface area contributed by atoms with Crippen molar-refractivity contribution in [1.29, 1.82) is 0 Å². The van der Waals surface area contributed by atoms with Crippen molar-refractivity contribution in [3.8, 4) is 11.5 Å². The topological polar surface area (TPSA) is 146 Å². The van der Waals surface area contributed by atoms with Gasteiger partial charge in [0.2, 0.25) is 0 Å². The third-order valence-corrected chi connectivity index (χ3v) is 6.14. The minimum Gasteiger partial charge on any atom is -0.497 e. The molecule has 0 unspecified atom stereocenters. The van der Waals surface area contributed by atoms with E-state index in [4.69, 9.17) is 9.47 Å². The molecule has 0 saturated carbocycles. The molecule has 174 valence electrons. The Morgan fingerprint density at radius 1 is 0.882 bits per heavy atom. The standard InChI is InChI=1S/C22H19N5O6S/c1-32-15-10-11-19(20(13-15)33-2)25-21-22(24-18-9-4-3-8-17(18)23-21)26-34(30,31)16-7-5-6-14(12-16)27(28)29/h3-13H,1-2H3,(H,23,25)(H,24,26). The molecule has 0 fully saturated rings. The van der Waals surface area contributed by atoms with Crippen LogP contribution in [0, 0.1) is 10.1 Å². The highest BCUT2D eigenvalue weighted by atomic mass is 32.2. The summed E-state index contributed by atoms with van der Waals surface area (Å²) in [4.78, 5) is 19.1. The number of nitro groups is 1. The van der Waals surface area contributed by atoms with E-state index in [1.165, 1.54) is 32.4 Å². The van der Waals surface area contributed by atoms with E-state index < -0.39 is 14.9 Å². The zero-order valence-corrected chi connectivity index (χ0v) is 18.9. The van der Waals surface area contributed by atoms with Gasteiger partial charge < -0.3 is 14.8 Å². The summed E-state index contributed by atoms with van der Waals surface area (Å²) in [5, 5.41) is 14.1. The predicted molar refractivity (Wildman–Crippen MR) is 126 cm³/mol. The molecule has 0 aliphatic carbocycles. The average Bonchev–Trinajstić information content (AvgIpc) is 2.84. The molecule has 0 atom stereocenters. The lowest BCUT2D eigenvalue weighted by Gasteiger charge is -2.16. The molecule has 0 saturated heterocycles. The number of hydrogen-bond acceptors (Lipinski definition) is 9. The number of aromatic nitrogens is 2. The number of ether oxygens (including phenoxy) is 2. The first kappa shape index (κ1) is 22.7. The highest BCUT2D eigenvalue weighted by Crippen LogP contribution is 2.34. The number of sulfonamides is 1. The highest BCUT2D eigenvalue weighted by Gasteiger charge is 2.22. The second kappa shape index (κ2) is 9.19. The molecule has 11 nitrogen and oxygen atoms in total. The van der Waals surface area contributed by atoms with Crippen LogP contribution >= 0.6 is 0 Å². The molecular formula is C22H19N5O6S. The van der Waals surface area contributed by atoms with Crippen molar-refractivity contribution in [2.45, 2.75) is 4.90 Å². The molecule has 0 amide bonds. The molecule has 0 bridgehead atoms. The molecule has 34 heavy (non-hydrogen) atoms. The van der Waals surface area contributed by atoms with E-state index in [9.17, 15) is 18.5 Å². The third-order valence-electron chi connectivity index (χ3n) is 4.80. The third kappa shape index (κ3) is 4.66. The van der Waals surface area contributed by atoms with Gasteiger partial charge in [-0.2, -0.15) is 0 Å². The smallest absolute Gasteiger partial charge is 0.270 e. The Kier molecular flexibility index (Phi) is 6.15. The normalized spacial score (nSPS) is 11.1. The lowest BCUT2D eigenvalue weighted by atomic mass is 10.2. The maximum atomic E-state index is 13.1. The van der Waals surface area contributed by atoms with Crippen LogP contribution in [0.4, 0.5) is 23.0 Å². The number of nitrogens with zero attached hydrogens (tertiary/aromatic N) is 3. The molecule has 0 spiro atoms. The van der Waals surface area contributed by atoms with Crippen molar-refractivity contribution in [3.05, 3.63) is 76.8 Å². The van der Waals surface area contributed by atoms with Crippen LogP contribution in [0.3, 0.4) is 0 Å². The Hall–Kier alpha value is -4.45. The molecule has 3 aromatic carbocycles. The average molecular weight is 481 g/mol. The van der Waals surface area contributed by atoms with Gasteiger partial charge in [-0.15, -0.1) is 0 Å². The number of nitro benzene ring substituents is 1. The van der Waals surface area contributed by atoms with Gasteiger partial charge in [0.15, 0.2) is 11.6 Å². The van der Waals surface area contributed by atoms with Gasteiger partial charge in [-0.3, -0.25) is 14.8 Å². The molecule has 12 heteroatoms. The second-order valence-corrected chi connectivity index (χ2v) is 8.64. The van der Waals surface area contributed by atoms with Crippen LogP contribution in [-0.4, -0.2) is 37.5 Å². The highest BCUT2D eigenvalue weighted by molar-refractivity contribution is 7.92. The zero-order valence-electron chi connectivity index (χ0n) is 18.1. The van der Waals surface area contributed by atoms with Crippen LogP contribution in [0.1, 0.15) is 0 Å². The fraction of sp³-hybridized carbons (Fsp3) is 0.0909. The molecule has 2 N–H and O–H groups in total. The number of para-hydroxylation sites is 2. The summed E-state index contributed by atoms with van der Waals surface area (Å²) >= 11 is 0. The first-order chi connectivity index (χ1) is 16.3. The SMILES string of the molecule is COc1ccc(Nc2nc3ccccc3nc2NS(=O)(=O)c2cccc([N+](=O)[O-])c2)c(OC)c1. The van der Waals surface area contributed by atoms with Gasteiger partial charge in [-0.05, 0) is 30.3 Å². The first-order valence-electron chi connectivity index (χ1n) is 9.84. The Morgan fingerprint density at radius 2 is 1.59 bits per heavy atom. The van der Waals surface area contributed by atoms with Gasteiger partial charge in [0.05, 0.1) is 40.8 Å². The van der Waals surface area contributed by atoms with Gasteiger partial charge in [-0.25, -0.2) is 18.4 Å². The number of fused-ring (bicyclic) bond motifs is 1. The Balaban J connectivity index is 1.79.